The van der Waals surface area contributed by atoms with Gasteiger partial charge in [-0.1, -0.05) is 42.0 Å². The normalized spacial score (nSPS) is 19.1. The molecule has 1 aliphatic rings. The molecule has 2 unspecified atom stereocenters. The van der Waals surface area contributed by atoms with Gasteiger partial charge in [-0.05, 0) is 37.0 Å². The van der Waals surface area contributed by atoms with E-state index in [0.717, 1.165) is 12.0 Å². The molecule has 3 rings (SSSR count). The SMILES string of the molecule is Cc1ccc(F)c(C(N)CC2OCCc3ccccc32)c1. The highest BCUT2D eigenvalue weighted by molar-refractivity contribution is 5.32. The maximum absolute atomic E-state index is 13.9. The van der Waals surface area contributed by atoms with Crippen LogP contribution < -0.4 is 5.73 Å². The van der Waals surface area contributed by atoms with Crippen molar-refractivity contribution >= 4 is 0 Å². The van der Waals surface area contributed by atoms with Gasteiger partial charge in [-0.15, -0.1) is 0 Å². The predicted molar refractivity (Wildman–Crippen MR) is 81.5 cm³/mol. The summed E-state index contributed by atoms with van der Waals surface area (Å²) < 4.78 is 19.8. The van der Waals surface area contributed by atoms with E-state index in [-0.39, 0.29) is 18.0 Å². The summed E-state index contributed by atoms with van der Waals surface area (Å²) >= 11 is 0. The van der Waals surface area contributed by atoms with Crippen LogP contribution in [0, 0.1) is 12.7 Å². The zero-order chi connectivity index (χ0) is 14.8. The summed E-state index contributed by atoms with van der Waals surface area (Å²) in [4.78, 5) is 0. The minimum Gasteiger partial charge on any atom is -0.373 e. The van der Waals surface area contributed by atoms with Crippen LogP contribution in [0.3, 0.4) is 0 Å². The van der Waals surface area contributed by atoms with Gasteiger partial charge in [0.1, 0.15) is 5.82 Å². The highest BCUT2D eigenvalue weighted by Gasteiger charge is 2.24. The van der Waals surface area contributed by atoms with Gasteiger partial charge in [-0.2, -0.15) is 0 Å². The average Bonchev–Trinajstić information content (AvgIpc) is 2.50. The van der Waals surface area contributed by atoms with Crippen molar-refractivity contribution < 1.29 is 9.13 Å². The third-order valence-electron chi connectivity index (χ3n) is 4.11. The van der Waals surface area contributed by atoms with Gasteiger partial charge in [-0.25, -0.2) is 4.39 Å². The molecule has 0 bridgehead atoms. The molecule has 0 saturated heterocycles. The Hall–Kier alpha value is -1.71. The second-order valence-corrected chi connectivity index (χ2v) is 5.68. The fourth-order valence-electron chi connectivity index (χ4n) is 2.98. The molecule has 2 aromatic carbocycles. The Balaban J connectivity index is 1.82. The summed E-state index contributed by atoms with van der Waals surface area (Å²) in [6.45, 7) is 2.65. The maximum Gasteiger partial charge on any atom is 0.127 e. The van der Waals surface area contributed by atoms with Gasteiger partial charge < -0.3 is 10.5 Å². The number of hydrogen-bond acceptors (Lipinski definition) is 2. The third kappa shape index (κ3) is 2.99. The first kappa shape index (κ1) is 14.2. The molecule has 0 amide bonds. The molecule has 2 nitrogen and oxygen atoms in total. The first-order valence-corrected chi connectivity index (χ1v) is 7.36. The van der Waals surface area contributed by atoms with Gasteiger partial charge >= 0.3 is 0 Å². The molecule has 0 aliphatic carbocycles. The number of rotatable bonds is 3. The van der Waals surface area contributed by atoms with Crippen LogP contribution in [-0.4, -0.2) is 6.61 Å². The van der Waals surface area contributed by atoms with Crippen molar-refractivity contribution in [2.45, 2.75) is 31.9 Å². The van der Waals surface area contributed by atoms with E-state index in [1.807, 2.05) is 25.1 Å². The smallest absolute Gasteiger partial charge is 0.127 e. The number of aryl methyl sites for hydroxylation is 1. The molecule has 110 valence electrons. The van der Waals surface area contributed by atoms with Crippen molar-refractivity contribution in [1.29, 1.82) is 0 Å². The first-order chi connectivity index (χ1) is 10.1. The first-order valence-electron chi connectivity index (χ1n) is 7.36. The molecule has 21 heavy (non-hydrogen) atoms. The molecule has 0 fully saturated rings. The molecule has 1 heterocycles. The molecular weight excluding hydrogens is 265 g/mol. The lowest BCUT2D eigenvalue weighted by molar-refractivity contribution is 0.0318. The van der Waals surface area contributed by atoms with Gasteiger partial charge in [-0.3, -0.25) is 0 Å². The van der Waals surface area contributed by atoms with Crippen LogP contribution in [0.25, 0.3) is 0 Å². The van der Waals surface area contributed by atoms with Crippen molar-refractivity contribution in [2.24, 2.45) is 5.73 Å². The monoisotopic (exact) mass is 285 g/mol. The molecule has 2 aromatic rings. The van der Waals surface area contributed by atoms with Crippen molar-refractivity contribution in [3.63, 3.8) is 0 Å². The standard InChI is InChI=1S/C18H20FNO/c1-12-6-7-16(19)15(10-12)17(20)11-18-14-5-3-2-4-13(14)8-9-21-18/h2-7,10,17-18H,8-9,11,20H2,1H3. The number of halogens is 1. The molecular formula is C18H20FNO. The molecule has 2 atom stereocenters. The van der Waals surface area contributed by atoms with E-state index in [4.69, 9.17) is 10.5 Å². The van der Waals surface area contributed by atoms with E-state index >= 15 is 0 Å². The lowest BCUT2D eigenvalue weighted by Crippen LogP contribution is -2.22. The van der Waals surface area contributed by atoms with Crippen molar-refractivity contribution in [3.05, 3.63) is 70.5 Å². The van der Waals surface area contributed by atoms with Crippen LogP contribution in [-0.2, 0) is 11.2 Å². The van der Waals surface area contributed by atoms with Crippen LogP contribution in [0.1, 0.15) is 40.8 Å². The van der Waals surface area contributed by atoms with E-state index in [1.54, 1.807) is 6.07 Å². The summed E-state index contributed by atoms with van der Waals surface area (Å²) in [5.41, 5.74) is 10.3. The Labute approximate surface area is 124 Å². The zero-order valence-electron chi connectivity index (χ0n) is 12.2. The summed E-state index contributed by atoms with van der Waals surface area (Å²) in [5, 5.41) is 0. The van der Waals surface area contributed by atoms with Gasteiger partial charge in [0, 0.05) is 11.6 Å². The largest absolute Gasteiger partial charge is 0.373 e. The van der Waals surface area contributed by atoms with E-state index in [9.17, 15) is 4.39 Å². The molecule has 0 radical (unpaired) electrons. The minimum absolute atomic E-state index is 0.0511. The van der Waals surface area contributed by atoms with Crippen LogP contribution in [0.4, 0.5) is 4.39 Å². The van der Waals surface area contributed by atoms with Gasteiger partial charge in [0.2, 0.25) is 0 Å². The van der Waals surface area contributed by atoms with E-state index in [0.29, 0.717) is 18.6 Å². The maximum atomic E-state index is 13.9. The van der Waals surface area contributed by atoms with E-state index in [1.165, 1.54) is 17.2 Å². The number of nitrogens with two attached hydrogens (primary N) is 1. The Morgan fingerprint density at radius 2 is 2.10 bits per heavy atom. The van der Waals surface area contributed by atoms with Gasteiger partial charge in [0.05, 0.1) is 12.7 Å². The summed E-state index contributed by atoms with van der Waals surface area (Å²) in [6.07, 6.45) is 1.47. The number of fused-ring (bicyclic) bond motifs is 1. The van der Waals surface area contributed by atoms with Crippen molar-refractivity contribution in [1.82, 2.24) is 0 Å². The topological polar surface area (TPSA) is 35.2 Å². The summed E-state index contributed by atoms with van der Waals surface area (Å²) in [5.74, 6) is -0.239. The van der Waals surface area contributed by atoms with Crippen LogP contribution in [0.15, 0.2) is 42.5 Å². The molecule has 0 saturated carbocycles. The fourth-order valence-corrected chi connectivity index (χ4v) is 2.98. The minimum atomic E-state index is -0.360. The van der Waals surface area contributed by atoms with E-state index in [2.05, 4.69) is 12.1 Å². The van der Waals surface area contributed by atoms with Crippen LogP contribution in [0.5, 0.6) is 0 Å². The molecule has 1 aliphatic heterocycles. The van der Waals surface area contributed by atoms with Crippen LogP contribution in [0.2, 0.25) is 0 Å². The molecule has 2 N–H and O–H groups in total. The van der Waals surface area contributed by atoms with Crippen molar-refractivity contribution in [2.75, 3.05) is 6.61 Å². The Morgan fingerprint density at radius 3 is 2.95 bits per heavy atom. The van der Waals surface area contributed by atoms with Crippen LogP contribution >= 0.6 is 0 Å². The lowest BCUT2D eigenvalue weighted by Gasteiger charge is -2.28. The number of benzene rings is 2. The predicted octanol–water partition coefficient (Wildman–Crippen LogP) is 3.84. The summed E-state index contributed by atoms with van der Waals surface area (Å²) in [7, 11) is 0. The van der Waals surface area contributed by atoms with Crippen molar-refractivity contribution in [3.8, 4) is 0 Å². The second kappa shape index (κ2) is 5.96. The highest BCUT2D eigenvalue weighted by atomic mass is 19.1. The lowest BCUT2D eigenvalue weighted by atomic mass is 9.91. The van der Waals surface area contributed by atoms with E-state index < -0.39 is 0 Å². The van der Waals surface area contributed by atoms with Gasteiger partial charge in [0.15, 0.2) is 0 Å². The Morgan fingerprint density at radius 1 is 1.29 bits per heavy atom. The third-order valence-corrected chi connectivity index (χ3v) is 4.11. The zero-order valence-corrected chi connectivity index (χ0v) is 12.2. The Bertz CT molecular complexity index is 641. The second-order valence-electron chi connectivity index (χ2n) is 5.68. The molecule has 3 heteroatoms. The summed E-state index contributed by atoms with van der Waals surface area (Å²) in [6, 6.07) is 13.0. The fraction of sp³-hybridized carbons (Fsp3) is 0.333. The highest BCUT2D eigenvalue weighted by Crippen LogP contribution is 2.34. The van der Waals surface area contributed by atoms with Gasteiger partial charge in [0.25, 0.3) is 0 Å². The Kier molecular flexibility index (Phi) is 4.04. The molecule has 0 aromatic heterocycles. The number of hydrogen-bond donors (Lipinski definition) is 1. The quantitative estimate of drug-likeness (QED) is 0.930. The average molecular weight is 285 g/mol. The molecule has 0 spiro atoms. The number of ether oxygens (including phenoxy) is 1.